The minimum absolute atomic E-state index is 0.179. The molecule has 1 heterocycles. The number of carbonyl (C=O) groups is 2. The van der Waals surface area contributed by atoms with Crippen LogP contribution in [0.15, 0.2) is 0 Å². The Morgan fingerprint density at radius 2 is 1.80 bits per heavy atom. The molecule has 1 saturated heterocycles. The molecule has 5 heteroatoms. The zero-order valence-corrected chi connectivity index (χ0v) is 9.24. The third kappa shape index (κ3) is 2.68. The van der Waals surface area contributed by atoms with Crippen LogP contribution in [0.3, 0.4) is 0 Å². The fourth-order valence-corrected chi connectivity index (χ4v) is 1.42. The predicted molar refractivity (Wildman–Crippen MR) is 51.1 cm³/mol. The first kappa shape index (κ1) is 12.0. The van der Waals surface area contributed by atoms with Crippen molar-refractivity contribution in [3.05, 3.63) is 0 Å². The number of rotatable bonds is 5. The molecule has 0 unspecified atom stereocenters. The van der Waals surface area contributed by atoms with E-state index in [1.807, 2.05) is 0 Å². The van der Waals surface area contributed by atoms with Gasteiger partial charge >= 0.3 is 11.9 Å². The van der Waals surface area contributed by atoms with E-state index in [4.69, 9.17) is 4.74 Å². The van der Waals surface area contributed by atoms with Gasteiger partial charge in [0.2, 0.25) is 0 Å². The molecule has 1 atom stereocenters. The molecular weight excluding hydrogens is 200 g/mol. The fraction of sp³-hybridized carbons (Fsp3) is 0.800. The molecule has 1 fully saturated rings. The van der Waals surface area contributed by atoms with Gasteiger partial charge in [-0.1, -0.05) is 0 Å². The number of epoxide rings is 1. The molecule has 0 N–H and O–H groups in total. The summed E-state index contributed by atoms with van der Waals surface area (Å²) in [6.07, 6.45) is 1.23. The number of carbonyl (C=O) groups excluding carboxylic acids is 2. The third-order valence-electron chi connectivity index (χ3n) is 2.64. The minimum atomic E-state index is -1.21. The van der Waals surface area contributed by atoms with E-state index in [1.54, 1.807) is 0 Å². The lowest BCUT2D eigenvalue weighted by Gasteiger charge is -2.23. The topological polar surface area (TPSA) is 65.1 Å². The lowest BCUT2D eigenvalue weighted by atomic mass is 9.85. The highest BCUT2D eigenvalue weighted by molar-refractivity contribution is 5.99. The molecule has 15 heavy (non-hydrogen) atoms. The highest BCUT2D eigenvalue weighted by atomic mass is 16.6. The number of ether oxygens (including phenoxy) is 3. The number of hydrogen-bond donors (Lipinski definition) is 0. The van der Waals surface area contributed by atoms with Crippen LogP contribution >= 0.6 is 0 Å². The van der Waals surface area contributed by atoms with E-state index in [1.165, 1.54) is 21.1 Å². The van der Waals surface area contributed by atoms with Crippen molar-refractivity contribution < 1.29 is 23.8 Å². The van der Waals surface area contributed by atoms with Gasteiger partial charge in [0.15, 0.2) is 5.41 Å². The standard InChI is InChI=1S/C10H16O5/c1-10(8(11)13-2,9(12)14-3)5-4-7-6-15-7/h7H,4-6H2,1-3H3/t7-/m0/s1. The summed E-state index contributed by atoms with van der Waals surface area (Å²) in [5.41, 5.74) is -1.21. The summed E-state index contributed by atoms with van der Waals surface area (Å²) in [4.78, 5) is 23.0. The van der Waals surface area contributed by atoms with Crippen LogP contribution < -0.4 is 0 Å². The maximum absolute atomic E-state index is 11.5. The molecule has 0 saturated carbocycles. The molecule has 0 aromatic rings. The van der Waals surface area contributed by atoms with Gasteiger partial charge in [0, 0.05) is 0 Å². The molecule has 0 aromatic heterocycles. The number of hydrogen-bond acceptors (Lipinski definition) is 5. The van der Waals surface area contributed by atoms with E-state index in [9.17, 15) is 9.59 Å². The van der Waals surface area contributed by atoms with Gasteiger partial charge in [0.1, 0.15) is 0 Å². The molecule has 0 bridgehead atoms. The molecular formula is C10H16O5. The number of methoxy groups -OCH3 is 2. The summed E-state index contributed by atoms with van der Waals surface area (Å²) in [6.45, 7) is 2.24. The van der Waals surface area contributed by atoms with Gasteiger partial charge < -0.3 is 14.2 Å². The van der Waals surface area contributed by atoms with E-state index >= 15 is 0 Å². The van der Waals surface area contributed by atoms with Crippen LogP contribution in [0.2, 0.25) is 0 Å². The summed E-state index contributed by atoms with van der Waals surface area (Å²) >= 11 is 0. The van der Waals surface area contributed by atoms with Crippen LogP contribution in [0.5, 0.6) is 0 Å². The summed E-state index contributed by atoms with van der Waals surface area (Å²) in [5, 5.41) is 0. The zero-order valence-electron chi connectivity index (χ0n) is 9.24. The lowest BCUT2D eigenvalue weighted by molar-refractivity contribution is -0.168. The zero-order chi connectivity index (χ0) is 11.5. The van der Waals surface area contributed by atoms with E-state index in [0.29, 0.717) is 19.4 Å². The van der Waals surface area contributed by atoms with Crippen molar-refractivity contribution in [1.82, 2.24) is 0 Å². The van der Waals surface area contributed by atoms with Gasteiger partial charge in [0.05, 0.1) is 26.9 Å². The van der Waals surface area contributed by atoms with E-state index in [-0.39, 0.29) is 6.10 Å². The van der Waals surface area contributed by atoms with Crippen molar-refractivity contribution in [3.8, 4) is 0 Å². The van der Waals surface area contributed by atoms with Crippen molar-refractivity contribution >= 4 is 11.9 Å². The third-order valence-corrected chi connectivity index (χ3v) is 2.64. The van der Waals surface area contributed by atoms with Gasteiger partial charge in [-0.05, 0) is 19.8 Å². The Hall–Kier alpha value is -1.10. The molecule has 0 aromatic carbocycles. The first-order chi connectivity index (χ1) is 7.04. The van der Waals surface area contributed by atoms with Gasteiger partial charge in [-0.3, -0.25) is 9.59 Å². The summed E-state index contributed by atoms with van der Waals surface area (Å²) in [7, 11) is 2.52. The second-order valence-corrected chi connectivity index (χ2v) is 3.81. The van der Waals surface area contributed by atoms with Crippen molar-refractivity contribution in [2.75, 3.05) is 20.8 Å². The van der Waals surface area contributed by atoms with Crippen molar-refractivity contribution in [3.63, 3.8) is 0 Å². The van der Waals surface area contributed by atoms with Crippen LogP contribution in [0, 0.1) is 5.41 Å². The van der Waals surface area contributed by atoms with Crippen molar-refractivity contribution in [1.29, 1.82) is 0 Å². The highest BCUT2D eigenvalue weighted by Gasteiger charge is 2.44. The normalized spacial score (nSPS) is 19.5. The summed E-state index contributed by atoms with van der Waals surface area (Å²) in [5.74, 6) is -1.12. The summed E-state index contributed by atoms with van der Waals surface area (Å²) in [6, 6.07) is 0. The monoisotopic (exact) mass is 216 g/mol. The van der Waals surface area contributed by atoms with Gasteiger partial charge in [-0.15, -0.1) is 0 Å². The Bertz CT molecular complexity index is 241. The summed E-state index contributed by atoms with van der Waals surface area (Å²) < 4.78 is 14.2. The second-order valence-electron chi connectivity index (χ2n) is 3.81. The molecule has 0 aliphatic carbocycles. The van der Waals surface area contributed by atoms with Crippen molar-refractivity contribution in [2.24, 2.45) is 5.41 Å². The fourth-order valence-electron chi connectivity index (χ4n) is 1.42. The van der Waals surface area contributed by atoms with Crippen molar-refractivity contribution in [2.45, 2.75) is 25.9 Å². The maximum Gasteiger partial charge on any atom is 0.322 e. The molecule has 0 spiro atoms. The Kier molecular flexibility index (Phi) is 3.68. The Labute approximate surface area is 88.7 Å². The van der Waals surface area contributed by atoms with E-state index in [2.05, 4.69) is 9.47 Å². The first-order valence-electron chi connectivity index (χ1n) is 4.83. The second kappa shape index (κ2) is 4.61. The first-order valence-corrected chi connectivity index (χ1v) is 4.83. The van der Waals surface area contributed by atoms with Gasteiger partial charge in [-0.2, -0.15) is 0 Å². The van der Waals surface area contributed by atoms with Gasteiger partial charge in [-0.25, -0.2) is 0 Å². The average molecular weight is 216 g/mol. The Morgan fingerprint density at radius 3 is 2.13 bits per heavy atom. The molecule has 1 aliphatic rings. The van der Waals surface area contributed by atoms with E-state index in [0.717, 1.165) is 0 Å². The lowest BCUT2D eigenvalue weighted by Crippen LogP contribution is -2.38. The molecule has 86 valence electrons. The molecule has 5 nitrogen and oxygen atoms in total. The smallest absolute Gasteiger partial charge is 0.322 e. The quantitative estimate of drug-likeness (QED) is 0.381. The Morgan fingerprint density at radius 1 is 1.33 bits per heavy atom. The van der Waals surface area contributed by atoms with Crippen LogP contribution in [0.4, 0.5) is 0 Å². The molecule has 0 radical (unpaired) electrons. The maximum atomic E-state index is 11.5. The minimum Gasteiger partial charge on any atom is -0.468 e. The SMILES string of the molecule is COC(=O)C(C)(CC[C@H]1CO1)C(=O)OC. The van der Waals surface area contributed by atoms with Crippen LogP contribution in [0.1, 0.15) is 19.8 Å². The predicted octanol–water partition coefficient (Wildman–Crippen LogP) is 0.518. The van der Waals surface area contributed by atoms with E-state index < -0.39 is 17.4 Å². The van der Waals surface area contributed by atoms with Crippen LogP contribution in [-0.4, -0.2) is 38.9 Å². The molecule has 0 amide bonds. The molecule has 1 rings (SSSR count). The average Bonchev–Trinajstić information content (AvgIpc) is 3.07. The number of esters is 2. The van der Waals surface area contributed by atoms with Crippen LogP contribution in [0.25, 0.3) is 0 Å². The molecule has 1 aliphatic heterocycles. The largest absolute Gasteiger partial charge is 0.468 e. The van der Waals surface area contributed by atoms with Gasteiger partial charge in [0.25, 0.3) is 0 Å². The highest BCUT2D eigenvalue weighted by Crippen LogP contribution is 2.30. The van der Waals surface area contributed by atoms with Crippen LogP contribution in [-0.2, 0) is 23.8 Å². The Balaban J connectivity index is 2.64.